The molecule has 0 aliphatic carbocycles. The first-order chi connectivity index (χ1) is 8.63. The third-order valence-corrected chi connectivity index (χ3v) is 3.59. The maximum atomic E-state index is 11.8. The molecule has 0 saturated heterocycles. The first kappa shape index (κ1) is 12.6. The van der Waals surface area contributed by atoms with Crippen molar-refractivity contribution in [1.29, 1.82) is 0 Å². The van der Waals surface area contributed by atoms with Crippen molar-refractivity contribution in [1.82, 2.24) is 5.32 Å². The number of fused-ring (bicyclic) bond motifs is 1. The van der Waals surface area contributed by atoms with Crippen LogP contribution in [0.5, 0.6) is 0 Å². The normalized spacial score (nSPS) is 12.1. The van der Waals surface area contributed by atoms with Crippen molar-refractivity contribution in [2.24, 2.45) is 0 Å². The van der Waals surface area contributed by atoms with Gasteiger partial charge in [0.1, 0.15) is 0 Å². The minimum Gasteiger partial charge on any atom is -0.467 e. The molecule has 1 atom stereocenters. The summed E-state index contributed by atoms with van der Waals surface area (Å²) in [6.07, 6.45) is 0. The van der Waals surface area contributed by atoms with Gasteiger partial charge in [-0.3, -0.25) is 4.79 Å². The second-order valence-corrected chi connectivity index (χ2v) is 4.76. The summed E-state index contributed by atoms with van der Waals surface area (Å²) in [6.45, 7) is 1.38. The number of thiophene rings is 1. The smallest absolute Gasteiger partial charge is 0.333 e. The number of methoxy groups -OCH3 is 1. The summed E-state index contributed by atoms with van der Waals surface area (Å²) >= 11 is 1.54. The highest BCUT2D eigenvalue weighted by Gasteiger charge is 2.24. The largest absolute Gasteiger partial charge is 0.467 e. The summed E-state index contributed by atoms with van der Waals surface area (Å²) in [4.78, 5) is 22.9. The molecule has 1 heterocycles. The van der Waals surface area contributed by atoms with E-state index in [9.17, 15) is 9.59 Å². The van der Waals surface area contributed by atoms with Crippen molar-refractivity contribution in [3.63, 3.8) is 0 Å². The van der Waals surface area contributed by atoms with Crippen molar-refractivity contribution in [2.45, 2.75) is 13.0 Å². The summed E-state index contributed by atoms with van der Waals surface area (Å²) in [7, 11) is 1.31. The van der Waals surface area contributed by atoms with E-state index in [1.165, 1.54) is 25.4 Å². The molecule has 0 aliphatic rings. The quantitative estimate of drug-likeness (QED) is 0.864. The van der Waals surface area contributed by atoms with Crippen LogP contribution in [0, 0.1) is 0 Å². The summed E-state index contributed by atoms with van der Waals surface area (Å²) in [5.74, 6) is -0.727. The molecule has 1 N–H and O–H groups in total. The Morgan fingerprint density at radius 3 is 2.72 bits per heavy atom. The van der Waals surface area contributed by atoms with E-state index in [0.717, 1.165) is 15.6 Å². The number of hydrogen-bond donors (Lipinski definition) is 1. The molecule has 2 rings (SSSR count). The van der Waals surface area contributed by atoms with E-state index in [1.54, 1.807) is 0 Å². The van der Waals surface area contributed by atoms with E-state index >= 15 is 0 Å². The summed E-state index contributed by atoms with van der Waals surface area (Å²) < 4.78 is 5.81. The molecule has 1 amide bonds. The van der Waals surface area contributed by atoms with E-state index in [1.807, 2.05) is 29.6 Å². The third-order valence-electron chi connectivity index (χ3n) is 2.61. The minimum absolute atomic E-state index is 0.263. The Balaban J connectivity index is 2.47. The maximum absolute atomic E-state index is 11.8. The van der Waals surface area contributed by atoms with Gasteiger partial charge in [0, 0.05) is 17.2 Å². The molecule has 0 saturated carbocycles. The van der Waals surface area contributed by atoms with Crippen LogP contribution in [0.4, 0.5) is 0 Å². The number of hydrogen-bond acceptors (Lipinski definition) is 4. The van der Waals surface area contributed by atoms with Gasteiger partial charge in [-0.15, -0.1) is 11.3 Å². The van der Waals surface area contributed by atoms with Crippen molar-refractivity contribution >= 4 is 33.3 Å². The van der Waals surface area contributed by atoms with Crippen LogP contribution in [0.25, 0.3) is 10.1 Å². The number of carbonyl (C=O) groups excluding carboxylic acids is 2. The molecular formula is C13H13NO3S. The van der Waals surface area contributed by atoms with Gasteiger partial charge in [-0.2, -0.15) is 0 Å². The van der Waals surface area contributed by atoms with Crippen LogP contribution in [-0.2, 0) is 14.3 Å². The van der Waals surface area contributed by atoms with E-state index in [2.05, 4.69) is 5.32 Å². The fourth-order valence-electron chi connectivity index (χ4n) is 1.81. The third kappa shape index (κ3) is 2.36. The molecular weight excluding hydrogens is 250 g/mol. The van der Waals surface area contributed by atoms with Crippen LogP contribution in [0.1, 0.15) is 18.5 Å². The Kier molecular flexibility index (Phi) is 3.62. The molecule has 0 fully saturated rings. The van der Waals surface area contributed by atoms with Gasteiger partial charge in [0.15, 0.2) is 6.04 Å². The minimum atomic E-state index is -0.747. The van der Waals surface area contributed by atoms with Gasteiger partial charge in [-0.1, -0.05) is 18.2 Å². The number of amides is 1. The highest BCUT2D eigenvalue weighted by Crippen LogP contribution is 2.30. The zero-order valence-corrected chi connectivity index (χ0v) is 10.9. The second-order valence-electron chi connectivity index (χ2n) is 3.84. The second kappa shape index (κ2) is 5.18. The zero-order chi connectivity index (χ0) is 13.1. The zero-order valence-electron chi connectivity index (χ0n) is 10.1. The van der Waals surface area contributed by atoms with E-state index < -0.39 is 12.0 Å². The summed E-state index contributed by atoms with van der Waals surface area (Å²) in [6, 6.07) is 7.00. The Morgan fingerprint density at radius 2 is 2.06 bits per heavy atom. The monoisotopic (exact) mass is 263 g/mol. The summed E-state index contributed by atoms with van der Waals surface area (Å²) in [5.41, 5.74) is 0.776. The predicted molar refractivity (Wildman–Crippen MR) is 70.4 cm³/mol. The molecule has 0 radical (unpaired) electrons. The fraction of sp³-hybridized carbons (Fsp3) is 0.231. The molecule has 94 valence electrons. The van der Waals surface area contributed by atoms with Gasteiger partial charge in [0.25, 0.3) is 0 Å². The van der Waals surface area contributed by atoms with Gasteiger partial charge in [0.2, 0.25) is 5.91 Å². The lowest BCUT2D eigenvalue weighted by Crippen LogP contribution is -2.32. The first-order valence-electron chi connectivity index (χ1n) is 5.44. The molecule has 2 aromatic rings. The lowest BCUT2D eigenvalue weighted by molar-refractivity contribution is -0.145. The van der Waals surface area contributed by atoms with E-state index in [4.69, 9.17) is 4.74 Å². The van der Waals surface area contributed by atoms with Gasteiger partial charge < -0.3 is 10.1 Å². The van der Waals surface area contributed by atoms with Crippen molar-refractivity contribution in [2.75, 3.05) is 7.11 Å². The van der Waals surface area contributed by atoms with Crippen LogP contribution in [0.3, 0.4) is 0 Å². The first-order valence-corrected chi connectivity index (χ1v) is 6.32. The summed E-state index contributed by atoms with van der Waals surface area (Å²) in [5, 5.41) is 5.46. The van der Waals surface area contributed by atoms with Crippen LogP contribution in [0.15, 0.2) is 29.6 Å². The lowest BCUT2D eigenvalue weighted by Gasteiger charge is -2.14. The number of rotatable bonds is 3. The van der Waals surface area contributed by atoms with Crippen molar-refractivity contribution in [3.05, 3.63) is 35.2 Å². The van der Waals surface area contributed by atoms with Crippen LogP contribution in [0.2, 0.25) is 0 Å². The van der Waals surface area contributed by atoms with Crippen molar-refractivity contribution in [3.8, 4) is 0 Å². The molecule has 5 heteroatoms. The van der Waals surface area contributed by atoms with Crippen LogP contribution < -0.4 is 5.32 Å². The van der Waals surface area contributed by atoms with Gasteiger partial charge in [-0.25, -0.2) is 4.79 Å². The van der Waals surface area contributed by atoms with Gasteiger partial charge >= 0.3 is 5.97 Å². The topological polar surface area (TPSA) is 55.4 Å². The standard InChI is InChI=1S/C13H13NO3S/c1-8(15)14-12(13(16)17-2)10-7-18-11-6-4-3-5-9(10)11/h3-7,12H,1-2H3,(H,14,15). The number of nitrogens with one attached hydrogen (secondary N) is 1. The number of esters is 1. The number of benzene rings is 1. The average molecular weight is 263 g/mol. The molecule has 1 aromatic carbocycles. The lowest BCUT2D eigenvalue weighted by atomic mass is 10.1. The van der Waals surface area contributed by atoms with Crippen molar-refractivity contribution < 1.29 is 14.3 Å². The molecule has 0 aliphatic heterocycles. The molecule has 4 nitrogen and oxygen atoms in total. The maximum Gasteiger partial charge on any atom is 0.333 e. The Morgan fingerprint density at radius 1 is 1.33 bits per heavy atom. The number of ether oxygens (including phenoxy) is 1. The SMILES string of the molecule is COC(=O)C(NC(C)=O)c1csc2ccccc12. The molecule has 1 unspecified atom stereocenters. The molecule has 0 bridgehead atoms. The fourth-order valence-corrected chi connectivity index (χ4v) is 2.79. The van der Waals surface area contributed by atoms with Gasteiger partial charge in [0.05, 0.1) is 7.11 Å². The molecule has 18 heavy (non-hydrogen) atoms. The molecule has 1 aromatic heterocycles. The Bertz CT molecular complexity index is 591. The predicted octanol–water partition coefficient (Wildman–Crippen LogP) is 2.25. The van der Waals surface area contributed by atoms with Crippen LogP contribution >= 0.6 is 11.3 Å². The number of carbonyl (C=O) groups is 2. The molecule has 0 spiro atoms. The van der Waals surface area contributed by atoms with Crippen LogP contribution in [-0.4, -0.2) is 19.0 Å². The Labute approximate surface area is 109 Å². The Hall–Kier alpha value is -1.88. The highest BCUT2D eigenvalue weighted by molar-refractivity contribution is 7.17. The van der Waals surface area contributed by atoms with E-state index in [0.29, 0.717) is 0 Å². The van der Waals surface area contributed by atoms with E-state index in [-0.39, 0.29) is 5.91 Å². The average Bonchev–Trinajstić information content (AvgIpc) is 2.78. The van der Waals surface area contributed by atoms with Gasteiger partial charge in [-0.05, 0) is 16.8 Å². The highest BCUT2D eigenvalue weighted by atomic mass is 32.1.